The van der Waals surface area contributed by atoms with Crippen molar-refractivity contribution >= 4 is 134 Å². The Bertz CT molecular complexity index is 5350. The fourth-order valence-electron chi connectivity index (χ4n) is 16.0. The van der Waals surface area contributed by atoms with Gasteiger partial charge in [0.25, 0.3) is 0 Å². The average molecular weight is 2000 g/mol. The van der Waals surface area contributed by atoms with Crippen molar-refractivity contribution in [2.24, 2.45) is 40.5 Å². The molecule has 0 saturated carbocycles. The van der Waals surface area contributed by atoms with Crippen LogP contribution >= 0.6 is 0 Å². The second-order valence-electron chi connectivity index (χ2n) is 35.4. The number of hydrogen-bond donors (Lipinski definition) is 31. The molecule has 6 aromatic rings. The van der Waals surface area contributed by atoms with Gasteiger partial charge in [-0.3, -0.25) is 92.9 Å². The Morgan fingerprint density at radius 1 is 0.420 bits per heavy atom. The average Bonchev–Trinajstić information content (AvgIpc) is 1.61. The molecule has 0 spiro atoms. The highest BCUT2D eigenvalue weighted by atomic mass is 16.4. The van der Waals surface area contributed by atoms with E-state index in [1.807, 2.05) is 12.1 Å². The Kier molecular flexibility index (Phi) is 46.8. The van der Waals surface area contributed by atoms with E-state index in [1.54, 1.807) is 101 Å². The lowest BCUT2D eigenvalue weighted by molar-refractivity contribution is -0.143. The summed E-state index contributed by atoms with van der Waals surface area (Å²) in [7, 11) is 0. The maximum Gasteiger partial charge on any atom is 0.325 e. The highest BCUT2D eigenvalue weighted by molar-refractivity contribution is 6.02. The molecule has 1 saturated heterocycles. The maximum atomic E-state index is 15.4. The quantitative estimate of drug-likeness (QED) is 0.00989. The first-order valence-corrected chi connectivity index (χ1v) is 47.7. The summed E-state index contributed by atoms with van der Waals surface area (Å²) in [6.45, 7) is 6.11. The molecule has 7 rings (SSSR count). The van der Waals surface area contributed by atoms with Crippen molar-refractivity contribution in [2.75, 3.05) is 45.9 Å². The number of benzene rings is 4. The highest BCUT2D eigenvalue weighted by Crippen LogP contribution is 2.26. The number of aromatic amines is 2. The molecule has 1 fully saturated rings. The monoisotopic (exact) mass is 1990 g/mol. The van der Waals surface area contributed by atoms with E-state index in [9.17, 15) is 78.3 Å². The molecule has 0 bridgehead atoms. The van der Waals surface area contributed by atoms with Gasteiger partial charge >= 0.3 is 11.9 Å². The molecule has 3 heterocycles. The number of fused-ring (bicyclic) bond motifs is 2. The van der Waals surface area contributed by atoms with E-state index in [0.29, 0.717) is 64.3 Å². The summed E-state index contributed by atoms with van der Waals surface area (Å²) in [5.74, 6) is -19.2. The van der Waals surface area contributed by atoms with Crippen LogP contribution in [0.2, 0.25) is 0 Å². The van der Waals surface area contributed by atoms with Crippen molar-refractivity contribution in [1.29, 1.82) is 16.2 Å². The van der Waals surface area contributed by atoms with Gasteiger partial charge in [-0.25, -0.2) is 0 Å². The zero-order valence-electron chi connectivity index (χ0n) is 80.8. The summed E-state index contributed by atoms with van der Waals surface area (Å²) in [6, 6.07) is 4.62. The van der Waals surface area contributed by atoms with Gasteiger partial charge in [-0.1, -0.05) is 126 Å². The number of rotatable bonds is 61. The van der Waals surface area contributed by atoms with Gasteiger partial charge in [-0.15, -0.1) is 0 Å². The number of para-hydroxylation sites is 2. The number of nitrogens with two attached hydrogens (primary N) is 5. The minimum atomic E-state index is -2.02. The van der Waals surface area contributed by atoms with Crippen molar-refractivity contribution in [3.05, 3.63) is 138 Å². The zero-order chi connectivity index (χ0) is 105. The number of phenols is 1. The summed E-state index contributed by atoms with van der Waals surface area (Å²) >= 11 is 0. The lowest BCUT2D eigenvalue weighted by Crippen LogP contribution is -2.62. The van der Waals surface area contributed by atoms with E-state index < -0.39 is 248 Å². The normalized spacial score (nSPS) is 15.6. The van der Waals surface area contributed by atoms with E-state index in [0.717, 1.165) is 6.92 Å². The first-order chi connectivity index (χ1) is 68.2. The number of carbonyl (C=O) groups is 16. The molecule has 1 aliphatic heterocycles. The standard InChI is InChI=1S/C95H139N27O21/c1-6-51(3)76(120-82(132)66(30-19-41-106-95(102)103)110-78(128)61(97)25-15-16-38-96)90(140)117-71(46-57-48-108-63-27-14-12-24-60(57)63)85(135)115-69(43-54-21-9-8-10-22-54)86(136)121-77(52(4)7-2)91(141)122-42-20-31-74(122)89(139)113-65(29-18-40-105-94(100)101)80(130)118-73(50-124)88(138)119-72(49-123)87(137)116-70(45-56-47-107-62-26-13-11-23-59(56)62)84(134)114-68(44-55-32-34-58(125)35-33-55)83(133)112-67(36-37-75(126)127)81(131)111-64(28-17-39-104-93(98)99)79(129)109-53(5)92(142)143/h8-14,21-24,26-27,32-35,47-48,51-53,61,64-74,76-77,107-108,123-125H,6-7,15-20,25,28-31,36-46,49-50,96-97H2,1-5H3,(H,109,129)(H,110,128)(H,111,131)(H,112,133)(H,113,139)(H,114,134)(H,115,135)(H,116,137)(H,117,140)(H,118,130)(H,119,138)(H,120,132)(H,121,136)(H,126,127)(H,142,143)(H4,98,99,104)(H4,100,101,105)(H4,102,103,106)/t51-,52-,53-,61-,64-,65-,66-,67-,68-,69-,70-,71-,72-,73-,74-,76-,77-/m0/s1. The Balaban J connectivity index is 1.12. The van der Waals surface area contributed by atoms with E-state index in [4.69, 9.17) is 44.9 Å². The Hall–Kier alpha value is -15.1. The number of aliphatic carboxylic acids is 2. The number of nitrogens with one attached hydrogen (secondary N) is 21. The molecule has 48 nitrogen and oxygen atoms in total. The van der Waals surface area contributed by atoms with E-state index >= 15 is 24.0 Å². The summed E-state index contributed by atoms with van der Waals surface area (Å²) in [5.41, 5.74) is 31.5. The molecule has 14 amide bonds. The molecule has 2 aromatic heterocycles. The Morgan fingerprint density at radius 3 is 1.24 bits per heavy atom. The molecule has 36 N–H and O–H groups in total. The molecule has 17 atom stereocenters. The van der Waals surface area contributed by atoms with Crippen LogP contribution in [0.15, 0.2) is 116 Å². The van der Waals surface area contributed by atoms with Crippen LogP contribution in [0.1, 0.15) is 153 Å². The number of unbranched alkanes of at least 4 members (excludes halogenated alkanes) is 1. The van der Waals surface area contributed by atoms with E-state index in [-0.39, 0.29) is 121 Å². The van der Waals surface area contributed by atoms with Gasteiger partial charge < -0.3 is 154 Å². The SMILES string of the molecule is CC[C@H](C)[C@H](NC(=O)[C@H](CCCNC(=N)N)NC(=O)[C@@H](N)CCCCN)C(=O)N[C@@H](Cc1c[nH]c2ccccc12)C(=O)N[C@@H](Cc1ccccc1)C(=O)N[C@H](C(=O)N1CCC[C@H]1C(=O)N[C@@H](CCCNC(=N)N)C(=O)N[C@@H](CO)C(=O)N[C@@H](CO)C(=O)N[C@@H](Cc1c[nH]c2ccccc12)C(=O)N[C@@H](Cc1ccc(O)cc1)C(=O)N[C@@H](CCC(=O)O)C(=O)N[C@@H](CCCNC(=N)N)C(=O)N[C@@H](C)C(=O)O)[C@@H](C)CC. The number of aromatic hydroxyl groups is 1. The number of likely N-dealkylation sites (tertiary alicyclic amines) is 1. The number of aromatic nitrogens is 2. The second-order valence-corrected chi connectivity index (χ2v) is 35.4. The number of phenolic OH excluding ortho intramolecular Hbond substituents is 1. The minimum absolute atomic E-state index is 0.00669. The zero-order valence-corrected chi connectivity index (χ0v) is 80.8. The molecule has 0 radical (unpaired) electrons. The van der Waals surface area contributed by atoms with Gasteiger partial charge in [0.15, 0.2) is 17.9 Å². The van der Waals surface area contributed by atoms with E-state index in [2.05, 4.69) is 95.0 Å². The molecular weight excluding hydrogens is 1860 g/mol. The third-order valence-electron chi connectivity index (χ3n) is 24.6. The third kappa shape index (κ3) is 36.8. The molecule has 143 heavy (non-hydrogen) atoms. The number of hydrogen-bond acceptors (Lipinski definition) is 24. The first kappa shape index (κ1) is 115. The number of carboxylic acids is 2. The summed E-state index contributed by atoms with van der Waals surface area (Å²) in [5, 5.41) is 117. The molecule has 0 aliphatic carbocycles. The van der Waals surface area contributed by atoms with Gasteiger partial charge in [0.2, 0.25) is 82.7 Å². The molecular formula is C95H139N27O21. The molecule has 1 aliphatic rings. The van der Waals surface area contributed by atoms with Gasteiger partial charge in [-0.05, 0) is 142 Å². The van der Waals surface area contributed by atoms with Crippen LogP contribution in [0, 0.1) is 28.1 Å². The number of aliphatic hydroxyl groups is 2. The smallest absolute Gasteiger partial charge is 0.325 e. The highest BCUT2D eigenvalue weighted by Gasteiger charge is 2.44. The number of guanidine groups is 3. The van der Waals surface area contributed by atoms with Crippen LogP contribution in [0.4, 0.5) is 0 Å². The van der Waals surface area contributed by atoms with Crippen molar-refractivity contribution in [1.82, 2.24) is 99.9 Å². The van der Waals surface area contributed by atoms with Gasteiger partial charge in [0.05, 0.1) is 19.3 Å². The van der Waals surface area contributed by atoms with Crippen LogP contribution in [-0.2, 0) is 102 Å². The van der Waals surface area contributed by atoms with Crippen molar-refractivity contribution in [2.45, 2.75) is 247 Å². The molecule has 48 heteroatoms. The Labute approximate surface area is 826 Å². The van der Waals surface area contributed by atoms with E-state index in [1.165, 1.54) is 35.4 Å². The van der Waals surface area contributed by atoms with Crippen LogP contribution in [0.3, 0.4) is 0 Å². The number of carboxylic acid groups (broad SMARTS) is 2. The van der Waals surface area contributed by atoms with Crippen molar-refractivity contribution < 1.29 is 102 Å². The largest absolute Gasteiger partial charge is 0.508 e. The molecule has 780 valence electrons. The summed E-state index contributed by atoms with van der Waals surface area (Å²) < 4.78 is 0. The summed E-state index contributed by atoms with van der Waals surface area (Å²) in [4.78, 5) is 237. The van der Waals surface area contributed by atoms with Crippen LogP contribution in [-0.4, -0.2) is 289 Å². The topological polar surface area (TPSA) is 803 Å². The van der Waals surface area contributed by atoms with Crippen LogP contribution < -0.4 is 114 Å². The minimum Gasteiger partial charge on any atom is -0.508 e. The van der Waals surface area contributed by atoms with Crippen molar-refractivity contribution in [3.63, 3.8) is 0 Å². The van der Waals surface area contributed by atoms with Crippen molar-refractivity contribution in [3.8, 4) is 5.75 Å². The predicted molar refractivity (Wildman–Crippen MR) is 527 cm³/mol. The number of amides is 14. The first-order valence-electron chi connectivity index (χ1n) is 47.7. The number of nitrogens with zero attached hydrogens (tertiary/aromatic N) is 1. The molecule has 4 aromatic carbocycles. The van der Waals surface area contributed by atoms with Crippen LogP contribution in [0.25, 0.3) is 21.8 Å². The van der Waals surface area contributed by atoms with Gasteiger partial charge in [0, 0.05) is 92.5 Å². The maximum absolute atomic E-state index is 15.4. The fourth-order valence-corrected chi connectivity index (χ4v) is 16.0. The number of aliphatic hydroxyl groups excluding tert-OH is 2. The number of carbonyl (C=O) groups excluding carboxylic acids is 14. The second kappa shape index (κ2) is 58.2. The lowest BCUT2D eigenvalue weighted by Gasteiger charge is -2.33. The van der Waals surface area contributed by atoms with Gasteiger partial charge in [-0.2, -0.15) is 0 Å². The molecule has 0 unspecified atom stereocenters. The third-order valence-corrected chi connectivity index (χ3v) is 24.6. The Morgan fingerprint density at radius 2 is 0.790 bits per heavy atom. The van der Waals surface area contributed by atoms with Crippen LogP contribution in [0.5, 0.6) is 5.75 Å². The fraction of sp³-hybridized carbons (Fsp3) is 0.505. The predicted octanol–water partition coefficient (Wildman–Crippen LogP) is -3.79. The number of H-pyrrole nitrogens is 2. The van der Waals surface area contributed by atoms with Gasteiger partial charge in [0.1, 0.15) is 90.3 Å². The summed E-state index contributed by atoms with van der Waals surface area (Å²) in [6.07, 6.45) is 2.66. The lowest BCUT2D eigenvalue weighted by atomic mass is 9.95.